The molecule has 1 aliphatic rings. The predicted molar refractivity (Wildman–Crippen MR) is 87.4 cm³/mol. The number of nitrogens with zero attached hydrogens (tertiary/aromatic N) is 3. The largest absolute Gasteiger partial charge is 0.308 e. The van der Waals surface area contributed by atoms with Crippen LogP contribution in [-0.4, -0.2) is 47.4 Å². The number of nitrogens with one attached hydrogen (secondary N) is 1. The summed E-state index contributed by atoms with van der Waals surface area (Å²) in [4.78, 5) is 21.0. The summed E-state index contributed by atoms with van der Waals surface area (Å²) in [6.07, 6.45) is 4.72. The smallest absolute Gasteiger partial charge is 0.244 e. The average Bonchev–Trinajstić information content (AvgIpc) is 2.54. The van der Waals surface area contributed by atoms with Crippen LogP contribution in [0.4, 0.5) is 5.82 Å². The standard InChI is InChI=1S/C15H18N4O3S/c1-23(21,22)19-9-5-4-8-13(19)15(20)18-14-10-16-11-6-2-3-7-12(11)17-14/h2-3,6-7,10,13H,4-5,8-9H2,1H3,(H,17,18,20)/t13-/m0/s1. The zero-order valence-corrected chi connectivity index (χ0v) is 13.6. The molecule has 0 saturated carbocycles. The van der Waals surface area contributed by atoms with Crippen molar-refractivity contribution in [3.8, 4) is 0 Å². The number of hydrogen-bond acceptors (Lipinski definition) is 5. The van der Waals surface area contributed by atoms with Gasteiger partial charge < -0.3 is 5.32 Å². The van der Waals surface area contributed by atoms with Gasteiger partial charge in [-0.3, -0.25) is 9.78 Å². The van der Waals surface area contributed by atoms with Crippen molar-refractivity contribution in [2.75, 3.05) is 18.1 Å². The normalized spacial score (nSPS) is 19.6. The van der Waals surface area contributed by atoms with Gasteiger partial charge in [0.15, 0.2) is 5.82 Å². The molecule has 8 heteroatoms. The van der Waals surface area contributed by atoms with E-state index in [1.807, 2.05) is 18.2 Å². The monoisotopic (exact) mass is 334 g/mol. The van der Waals surface area contributed by atoms with Crippen LogP contribution in [0.15, 0.2) is 30.5 Å². The van der Waals surface area contributed by atoms with Crippen molar-refractivity contribution >= 4 is 32.8 Å². The van der Waals surface area contributed by atoms with Gasteiger partial charge in [0.1, 0.15) is 6.04 Å². The van der Waals surface area contributed by atoms with E-state index in [0.29, 0.717) is 24.3 Å². The van der Waals surface area contributed by atoms with E-state index < -0.39 is 16.1 Å². The maximum atomic E-state index is 12.5. The van der Waals surface area contributed by atoms with Crippen molar-refractivity contribution in [3.63, 3.8) is 0 Å². The second-order valence-electron chi connectivity index (χ2n) is 5.62. The van der Waals surface area contributed by atoms with E-state index >= 15 is 0 Å². The molecular formula is C15H18N4O3S. The molecule has 0 aliphatic carbocycles. The molecular weight excluding hydrogens is 316 g/mol. The fourth-order valence-corrected chi connectivity index (χ4v) is 3.92. The first kappa shape index (κ1) is 15.8. The fourth-order valence-electron chi connectivity index (χ4n) is 2.79. The molecule has 2 aromatic rings. The SMILES string of the molecule is CS(=O)(=O)N1CCCC[C@H]1C(=O)Nc1cnc2ccccc2n1. The fraction of sp³-hybridized carbons (Fsp3) is 0.400. The van der Waals surface area contributed by atoms with Gasteiger partial charge in [0, 0.05) is 6.54 Å². The molecule has 0 unspecified atom stereocenters. The molecule has 0 radical (unpaired) electrons. The van der Waals surface area contributed by atoms with Gasteiger partial charge >= 0.3 is 0 Å². The van der Waals surface area contributed by atoms with E-state index in [1.54, 1.807) is 6.07 Å². The molecule has 1 saturated heterocycles. The molecule has 1 aromatic heterocycles. The van der Waals surface area contributed by atoms with Crippen LogP contribution in [0.2, 0.25) is 0 Å². The Bertz CT molecular complexity index is 837. The van der Waals surface area contributed by atoms with E-state index in [9.17, 15) is 13.2 Å². The first-order valence-corrected chi connectivity index (χ1v) is 9.29. The van der Waals surface area contributed by atoms with E-state index in [0.717, 1.165) is 24.6 Å². The molecule has 122 valence electrons. The number of sulfonamides is 1. The zero-order valence-electron chi connectivity index (χ0n) is 12.8. The Hall–Kier alpha value is -2.06. The average molecular weight is 334 g/mol. The number of carbonyl (C=O) groups is 1. The van der Waals surface area contributed by atoms with Gasteiger partial charge in [0.25, 0.3) is 0 Å². The van der Waals surface area contributed by atoms with E-state index in [4.69, 9.17) is 0 Å². The molecule has 1 fully saturated rings. The minimum absolute atomic E-state index is 0.327. The van der Waals surface area contributed by atoms with Gasteiger partial charge in [0.2, 0.25) is 15.9 Å². The summed E-state index contributed by atoms with van der Waals surface area (Å²) in [5.41, 5.74) is 1.41. The van der Waals surface area contributed by atoms with Gasteiger partial charge in [-0.1, -0.05) is 18.6 Å². The summed E-state index contributed by atoms with van der Waals surface area (Å²) in [7, 11) is -3.41. The first-order chi connectivity index (χ1) is 10.9. The number of aromatic nitrogens is 2. The number of benzene rings is 1. The quantitative estimate of drug-likeness (QED) is 0.915. The second-order valence-corrected chi connectivity index (χ2v) is 7.55. The van der Waals surface area contributed by atoms with Gasteiger partial charge in [-0.2, -0.15) is 4.31 Å². The van der Waals surface area contributed by atoms with Crippen molar-refractivity contribution in [1.82, 2.24) is 14.3 Å². The lowest BCUT2D eigenvalue weighted by Crippen LogP contribution is -2.49. The molecule has 1 atom stereocenters. The minimum atomic E-state index is -3.41. The molecule has 1 aliphatic heterocycles. The maximum Gasteiger partial charge on any atom is 0.244 e. The highest BCUT2D eigenvalue weighted by Gasteiger charge is 2.34. The Balaban J connectivity index is 1.81. The summed E-state index contributed by atoms with van der Waals surface area (Å²) in [5.74, 6) is -0.0348. The van der Waals surface area contributed by atoms with E-state index in [2.05, 4.69) is 15.3 Å². The Morgan fingerprint density at radius 2 is 2.00 bits per heavy atom. The summed E-state index contributed by atoms with van der Waals surface area (Å²) in [6.45, 7) is 0.375. The molecule has 23 heavy (non-hydrogen) atoms. The highest BCUT2D eigenvalue weighted by atomic mass is 32.2. The highest BCUT2D eigenvalue weighted by molar-refractivity contribution is 7.88. The first-order valence-electron chi connectivity index (χ1n) is 7.44. The van der Waals surface area contributed by atoms with Crippen molar-refractivity contribution in [2.45, 2.75) is 25.3 Å². The van der Waals surface area contributed by atoms with Gasteiger partial charge in [-0.25, -0.2) is 13.4 Å². The Morgan fingerprint density at radius 3 is 2.74 bits per heavy atom. The third-order valence-corrected chi connectivity index (χ3v) is 5.17. The lowest BCUT2D eigenvalue weighted by atomic mass is 10.0. The number of anilines is 1. The van der Waals surface area contributed by atoms with Crippen LogP contribution in [0.5, 0.6) is 0 Å². The van der Waals surface area contributed by atoms with Gasteiger partial charge in [-0.05, 0) is 25.0 Å². The molecule has 7 nitrogen and oxygen atoms in total. The lowest BCUT2D eigenvalue weighted by Gasteiger charge is -2.32. The van der Waals surface area contributed by atoms with Gasteiger partial charge in [0.05, 0.1) is 23.5 Å². The molecule has 2 heterocycles. The summed E-state index contributed by atoms with van der Waals surface area (Å²) >= 11 is 0. The second kappa shape index (κ2) is 6.21. The number of para-hydroxylation sites is 2. The van der Waals surface area contributed by atoms with Crippen molar-refractivity contribution in [3.05, 3.63) is 30.5 Å². The number of hydrogen-bond donors (Lipinski definition) is 1. The molecule has 0 bridgehead atoms. The van der Waals surface area contributed by atoms with Crippen LogP contribution in [0.3, 0.4) is 0 Å². The zero-order chi connectivity index (χ0) is 16.4. The summed E-state index contributed by atoms with van der Waals surface area (Å²) in [5, 5.41) is 2.69. The van der Waals surface area contributed by atoms with Crippen LogP contribution in [0.25, 0.3) is 11.0 Å². The Kier molecular flexibility index (Phi) is 4.27. The van der Waals surface area contributed by atoms with Crippen LogP contribution in [0.1, 0.15) is 19.3 Å². The van der Waals surface area contributed by atoms with Crippen LogP contribution in [-0.2, 0) is 14.8 Å². The van der Waals surface area contributed by atoms with E-state index in [-0.39, 0.29) is 5.91 Å². The number of piperidine rings is 1. The number of rotatable bonds is 3. The minimum Gasteiger partial charge on any atom is -0.308 e. The van der Waals surface area contributed by atoms with Crippen molar-refractivity contribution < 1.29 is 13.2 Å². The Labute approximate surface area is 134 Å². The predicted octanol–water partition coefficient (Wildman–Crippen LogP) is 1.38. The van der Waals surface area contributed by atoms with Crippen LogP contribution < -0.4 is 5.32 Å². The molecule has 0 spiro atoms. The molecule has 1 amide bonds. The van der Waals surface area contributed by atoms with Crippen LogP contribution >= 0.6 is 0 Å². The van der Waals surface area contributed by atoms with Gasteiger partial charge in [-0.15, -0.1) is 0 Å². The highest BCUT2D eigenvalue weighted by Crippen LogP contribution is 2.21. The number of amides is 1. The number of fused-ring (bicyclic) bond motifs is 1. The molecule has 1 N–H and O–H groups in total. The van der Waals surface area contributed by atoms with Crippen molar-refractivity contribution in [2.24, 2.45) is 0 Å². The summed E-state index contributed by atoms with van der Waals surface area (Å²) in [6, 6.07) is 6.66. The molecule has 3 rings (SSSR count). The molecule has 1 aromatic carbocycles. The van der Waals surface area contributed by atoms with Crippen molar-refractivity contribution in [1.29, 1.82) is 0 Å². The third kappa shape index (κ3) is 3.48. The van der Waals surface area contributed by atoms with E-state index in [1.165, 1.54) is 10.5 Å². The number of carbonyl (C=O) groups excluding carboxylic acids is 1. The maximum absolute atomic E-state index is 12.5. The van der Waals surface area contributed by atoms with Crippen LogP contribution in [0, 0.1) is 0 Å². The lowest BCUT2D eigenvalue weighted by molar-refractivity contribution is -0.120. The topological polar surface area (TPSA) is 92.3 Å². The summed E-state index contributed by atoms with van der Waals surface area (Å²) < 4.78 is 25.0. The Morgan fingerprint density at radius 1 is 1.26 bits per heavy atom. The third-order valence-electron chi connectivity index (χ3n) is 3.88.